The van der Waals surface area contributed by atoms with Crippen LogP contribution in [0.15, 0.2) is 12.3 Å². The van der Waals surface area contributed by atoms with Gasteiger partial charge in [-0.25, -0.2) is 4.98 Å². The van der Waals surface area contributed by atoms with E-state index in [1.807, 2.05) is 0 Å². The van der Waals surface area contributed by atoms with Crippen molar-refractivity contribution in [2.45, 2.75) is 13.3 Å². The van der Waals surface area contributed by atoms with Crippen molar-refractivity contribution in [3.8, 4) is 6.07 Å². The van der Waals surface area contributed by atoms with E-state index in [1.165, 1.54) is 6.20 Å². The molecule has 4 heteroatoms. The Morgan fingerprint density at radius 1 is 1.67 bits per heavy atom. The molecule has 0 radical (unpaired) electrons. The molecule has 0 aliphatic rings. The van der Waals surface area contributed by atoms with Gasteiger partial charge in [-0.2, -0.15) is 5.26 Å². The first-order valence-corrected chi connectivity index (χ1v) is 4.80. The van der Waals surface area contributed by atoms with Crippen molar-refractivity contribution < 1.29 is 4.74 Å². The second-order valence-corrected chi connectivity index (χ2v) is 3.64. The predicted octanol–water partition coefficient (Wildman–Crippen LogP) is 1.36. The summed E-state index contributed by atoms with van der Waals surface area (Å²) in [7, 11) is 1.67. The minimum absolute atomic E-state index is 0.365. The van der Waals surface area contributed by atoms with Crippen LogP contribution in [0.4, 0.5) is 5.82 Å². The van der Waals surface area contributed by atoms with Crippen LogP contribution in [0.2, 0.25) is 0 Å². The van der Waals surface area contributed by atoms with Gasteiger partial charge in [0.05, 0.1) is 5.56 Å². The fraction of sp³-hybridized carbons (Fsp3) is 0.455. The summed E-state index contributed by atoms with van der Waals surface area (Å²) >= 11 is 0. The molecule has 0 fully saturated rings. The number of nitriles is 1. The molecule has 0 saturated carbocycles. The Bertz CT molecular complexity index is 371. The fourth-order valence-corrected chi connectivity index (χ4v) is 1.50. The molecule has 1 atom stereocenters. The van der Waals surface area contributed by atoms with Crippen LogP contribution >= 0.6 is 0 Å². The average Bonchev–Trinajstić information content (AvgIpc) is 2.18. The molecular formula is C11H15N3O. The number of hydrogen-bond acceptors (Lipinski definition) is 4. The number of nitrogen functional groups attached to an aromatic ring is 1. The first-order valence-electron chi connectivity index (χ1n) is 4.80. The average molecular weight is 205 g/mol. The normalized spacial score (nSPS) is 12.1. The maximum absolute atomic E-state index is 8.89. The summed E-state index contributed by atoms with van der Waals surface area (Å²) in [5.74, 6) is 0.817. The van der Waals surface area contributed by atoms with Gasteiger partial charge in [0, 0.05) is 19.9 Å². The molecule has 0 saturated heterocycles. The Labute approximate surface area is 89.7 Å². The van der Waals surface area contributed by atoms with Crippen molar-refractivity contribution in [3.05, 3.63) is 23.4 Å². The lowest BCUT2D eigenvalue weighted by Gasteiger charge is -2.11. The van der Waals surface area contributed by atoms with Gasteiger partial charge in [0.25, 0.3) is 0 Å². The molecule has 0 spiro atoms. The standard InChI is InChI=1S/C11H15N3O/c1-8(7-15-2)3-9-4-11(13)14-6-10(9)5-12/h4,6,8H,3,7H2,1-2H3,(H2,13,14)/t8-/m0/s1. The highest BCUT2D eigenvalue weighted by atomic mass is 16.5. The van der Waals surface area contributed by atoms with Gasteiger partial charge in [-0.3, -0.25) is 0 Å². The zero-order chi connectivity index (χ0) is 11.3. The van der Waals surface area contributed by atoms with Crippen LogP contribution in [0.5, 0.6) is 0 Å². The second kappa shape index (κ2) is 5.32. The van der Waals surface area contributed by atoms with E-state index >= 15 is 0 Å². The summed E-state index contributed by atoms with van der Waals surface area (Å²) in [5.41, 5.74) is 7.11. The molecular weight excluding hydrogens is 190 g/mol. The van der Waals surface area contributed by atoms with Crippen LogP contribution in [0, 0.1) is 17.2 Å². The molecule has 1 rings (SSSR count). The van der Waals surface area contributed by atoms with E-state index < -0.39 is 0 Å². The summed E-state index contributed by atoms with van der Waals surface area (Å²) < 4.78 is 5.05. The van der Waals surface area contributed by atoms with Crippen LogP contribution in [0.25, 0.3) is 0 Å². The minimum atomic E-state index is 0.365. The van der Waals surface area contributed by atoms with Gasteiger partial charge < -0.3 is 10.5 Å². The van der Waals surface area contributed by atoms with Gasteiger partial charge >= 0.3 is 0 Å². The number of rotatable bonds is 4. The Balaban J connectivity index is 2.83. The highest BCUT2D eigenvalue weighted by Crippen LogP contribution is 2.15. The van der Waals surface area contributed by atoms with Crippen molar-refractivity contribution in [3.63, 3.8) is 0 Å². The van der Waals surface area contributed by atoms with Gasteiger partial charge in [-0.15, -0.1) is 0 Å². The summed E-state index contributed by atoms with van der Waals surface area (Å²) in [6.45, 7) is 2.74. The molecule has 0 aliphatic carbocycles. The maximum atomic E-state index is 8.89. The number of aromatic nitrogens is 1. The lowest BCUT2D eigenvalue weighted by atomic mass is 9.99. The SMILES string of the molecule is COC[C@@H](C)Cc1cc(N)ncc1C#N. The molecule has 1 aromatic heterocycles. The maximum Gasteiger partial charge on any atom is 0.123 e. The fourth-order valence-electron chi connectivity index (χ4n) is 1.50. The van der Waals surface area contributed by atoms with Crippen molar-refractivity contribution in [2.75, 3.05) is 19.5 Å². The number of nitrogens with zero attached hydrogens (tertiary/aromatic N) is 2. The molecule has 1 heterocycles. The van der Waals surface area contributed by atoms with Gasteiger partial charge in [0.15, 0.2) is 0 Å². The van der Waals surface area contributed by atoms with E-state index in [0.717, 1.165) is 12.0 Å². The highest BCUT2D eigenvalue weighted by molar-refractivity contribution is 5.43. The lowest BCUT2D eigenvalue weighted by Crippen LogP contribution is -2.09. The predicted molar refractivity (Wildman–Crippen MR) is 58.1 cm³/mol. The summed E-state index contributed by atoms with van der Waals surface area (Å²) in [6.07, 6.45) is 2.30. The van der Waals surface area contributed by atoms with E-state index in [2.05, 4.69) is 18.0 Å². The van der Waals surface area contributed by atoms with Gasteiger partial charge in [0.2, 0.25) is 0 Å². The lowest BCUT2D eigenvalue weighted by molar-refractivity contribution is 0.159. The first-order chi connectivity index (χ1) is 7.17. The first kappa shape index (κ1) is 11.5. The summed E-state index contributed by atoms with van der Waals surface area (Å²) in [6, 6.07) is 3.87. The third-order valence-corrected chi connectivity index (χ3v) is 2.15. The molecule has 80 valence electrons. The molecule has 0 aliphatic heterocycles. The van der Waals surface area contributed by atoms with Crippen molar-refractivity contribution >= 4 is 5.82 Å². The topological polar surface area (TPSA) is 71.9 Å². The van der Waals surface area contributed by atoms with Crippen molar-refractivity contribution in [1.82, 2.24) is 4.98 Å². The molecule has 1 aromatic rings. The monoisotopic (exact) mass is 205 g/mol. The van der Waals surface area contributed by atoms with Crippen LogP contribution in [0.1, 0.15) is 18.1 Å². The summed E-state index contributed by atoms with van der Waals surface area (Å²) in [5, 5.41) is 8.89. The number of pyridine rings is 1. The zero-order valence-electron chi connectivity index (χ0n) is 9.03. The Kier molecular flexibility index (Phi) is 4.07. The van der Waals surface area contributed by atoms with E-state index in [0.29, 0.717) is 23.9 Å². The van der Waals surface area contributed by atoms with Gasteiger partial charge in [-0.05, 0) is 24.0 Å². The van der Waals surface area contributed by atoms with Crippen LogP contribution in [0.3, 0.4) is 0 Å². The quantitative estimate of drug-likeness (QED) is 0.805. The number of methoxy groups -OCH3 is 1. The van der Waals surface area contributed by atoms with Gasteiger partial charge in [0.1, 0.15) is 11.9 Å². The molecule has 0 unspecified atom stereocenters. The molecule has 0 aromatic carbocycles. The van der Waals surface area contributed by atoms with Crippen LogP contribution in [-0.4, -0.2) is 18.7 Å². The smallest absolute Gasteiger partial charge is 0.123 e. The largest absolute Gasteiger partial charge is 0.384 e. The molecule has 2 N–H and O–H groups in total. The van der Waals surface area contributed by atoms with Crippen molar-refractivity contribution in [2.24, 2.45) is 5.92 Å². The van der Waals surface area contributed by atoms with E-state index in [9.17, 15) is 0 Å². The van der Waals surface area contributed by atoms with Crippen molar-refractivity contribution in [1.29, 1.82) is 5.26 Å². The number of ether oxygens (including phenoxy) is 1. The van der Waals surface area contributed by atoms with Crippen LogP contribution < -0.4 is 5.73 Å². The molecule has 4 nitrogen and oxygen atoms in total. The van der Waals surface area contributed by atoms with E-state index in [-0.39, 0.29) is 0 Å². The highest BCUT2D eigenvalue weighted by Gasteiger charge is 2.08. The minimum Gasteiger partial charge on any atom is -0.384 e. The van der Waals surface area contributed by atoms with E-state index in [4.69, 9.17) is 15.7 Å². The van der Waals surface area contributed by atoms with E-state index in [1.54, 1.807) is 13.2 Å². The number of anilines is 1. The van der Waals surface area contributed by atoms with Gasteiger partial charge in [-0.1, -0.05) is 6.92 Å². The third kappa shape index (κ3) is 3.22. The zero-order valence-corrected chi connectivity index (χ0v) is 9.03. The molecule has 0 amide bonds. The second-order valence-electron chi connectivity index (χ2n) is 3.64. The number of hydrogen-bond donors (Lipinski definition) is 1. The Morgan fingerprint density at radius 2 is 2.40 bits per heavy atom. The molecule has 0 bridgehead atoms. The molecule has 15 heavy (non-hydrogen) atoms. The number of nitrogens with two attached hydrogens (primary N) is 1. The van der Waals surface area contributed by atoms with Crippen LogP contribution in [-0.2, 0) is 11.2 Å². The Hall–Kier alpha value is -1.60. The third-order valence-electron chi connectivity index (χ3n) is 2.15. The Morgan fingerprint density at radius 3 is 3.00 bits per heavy atom. The summed E-state index contributed by atoms with van der Waals surface area (Å²) in [4.78, 5) is 3.89.